The van der Waals surface area contributed by atoms with Gasteiger partial charge in [-0.25, -0.2) is 9.97 Å². The van der Waals surface area contributed by atoms with E-state index in [1.807, 2.05) is 12.1 Å². The maximum atomic E-state index is 5.35. The van der Waals surface area contributed by atoms with Gasteiger partial charge in [0.15, 0.2) is 0 Å². The van der Waals surface area contributed by atoms with Crippen molar-refractivity contribution in [3.8, 4) is 56.1 Å². The molecule has 0 fully saturated rings. The highest BCUT2D eigenvalue weighted by atomic mass is 15.0. The molecule has 0 bridgehead atoms. The maximum absolute atomic E-state index is 5.35. The number of aromatic nitrogens is 4. The molecule has 4 nitrogen and oxygen atoms in total. The van der Waals surface area contributed by atoms with Gasteiger partial charge in [0.2, 0.25) is 0 Å². The second-order valence-corrected chi connectivity index (χ2v) is 14.2. The molecule has 0 N–H and O–H groups in total. The summed E-state index contributed by atoms with van der Waals surface area (Å²) in [4.78, 5) is 10.7. The van der Waals surface area contributed by atoms with Gasteiger partial charge in [0.1, 0.15) is 0 Å². The number of nitrogens with zero attached hydrogens (tertiary/aromatic N) is 4. The van der Waals surface area contributed by atoms with Gasteiger partial charge in [-0.05, 0) is 89.0 Å². The van der Waals surface area contributed by atoms with E-state index in [1.54, 1.807) is 0 Å². The van der Waals surface area contributed by atoms with Crippen molar-refractivity contribution in [1.29, 1.82) is 0 Å². The Morgan fingerprint density at radius 2 is 0.714 bits per heavy atom. The lowest BCUT2D eigenvalue weighted by atomic mass is 10.0. The van der Waals surface area contributed by atoms with Crippen molar-refractivity contribution in [2.45, 2.75) is 0 Å². The van der Waals surface area contributed by atoms with Crippen LogP contribution in [0.1, 0.15) is 0 Å². The Balaban J connectivity index is 1.14. The number of hydrogen-bond donors (Lipinski definition) is 0. The van der Waals surface area contributed by atoms with Crippen LogP contribution in [0.2, 0.25) is 0 Å². The summed E-state index contributed by atoms with van der Waals surface area (Å²) in [5, 5.41) is 2.23. The largest absolute Gasteiger partial charge is 0.308 e. The standard InChI is InChI=1S/C52H34N4/c1-5-14-35(15-6-1)39-25-29-47-44(32-39)52-49(31-28-46(54-52)38-20-11-4-12-21-38)55(47)41-22-13-23-42(34-41)56-48-30-27-45(37-18-9-3-10-19-37)53-51(48)43-26-24-40(33-50(43)56)36-16-7-2-8-17-36/h1-34H. The lowest BCUT2D eigenvalue weighted by molar-refractivity contribution is 1.13. The average molecular weight is 715 g/mol. The molecule has 7 aromatic carbocycles. The monoisotopic (exact) mass is 714 g/mol. The topological polar surface area (TPSA) is 35.6 Å². The molecule has 0 atom stereocenters. The van der Waals surface area contributed by atoms with Gasteiger partial charge in [-0.1, -0.05) is 140 Å². The Hall–Kier alpha value is -7.56. The molecule has 0 unspecified atom stereocenters. The van der Waals surface area contributed by atoms with E-state index in [9.17, 15) is 0 Å². The van der Waals surface area contributed by atoms with Gasteiger partial charge in [0.05, 0.1) is 44.5 Å². The first-order valence-corrected chi connectivity index (χ1v) is 19.0. The van der Waals surface area contributed by atoms with E-state index < -0.39 is 0 Å². The Kier molecular flexibility index (Phi) is 7.46. The van der Waals surface area contributed by atoms with Crippen molar-refractivity contribution in [3.05, 3.63) is 206 Å². The minimum absolute atomic E-state index is 0.956. The van der Waals surface area contributed by atoms with E-state index in [-0.39, 0.29) is 0 Å². The van der Waals surface area contributed by atoms with E-state index in [1.165, 1.54) is 22.3 Å². The minimum atomic E-state index is 0.956. The summed E-state index contributed by atoms with van der Waals surface area (Å²) >= 11 is 0. The molecule has 4 heterocycles. The molecule has 262 valence electrons. The second kappa shape index (κ2) is 13.1. The molecule has 11 rings (SSSR count). The van der Waals surface area contributed by atoms with Crippen molar-refractivity contribution in [3.63, 3.8) is 0 Å². The second-order valence-electron chi connectivity index (χ2n) is 14.2. The lowest BCUT2D eigenvalue weighted by Crippen LogP contribution is -1.99. The smallest absolute Gasteiger partial charge is 0.0971 e. The summed E-state index contributed by atoms with van der Waals surface area (Å²) in [5.41, 5.74) is 17.2. The highest BCUT2D eigenvalue weighted by Gasteiger charge is 2.19. The maximum Gasteiger partial charge on any atom is 0.0971 e. The Morgan fingerprint density at radius 1 is 0.268 bits per heavy atom. The summed E-state index contributed by atoms with van der Waals surface area (Å²) < 4.78 is 4.73. The minimum Gasteiger partial charge on any atom is -0.308 e. The third-order valence-electron chi connectivity index (χ3n) is 10.9. The average Bonchev–Trinajstić information content (AvgIpc) is 3.79. The molecule has 11 aromatic rings. The summed E-state index contributed by atoms with van der Waals surface area (Å²) in [5.74, 6) is 0. The van der Waals surface area contributed by atoms with Crippen LogP contribution in [0.15, 0.2) is 206 Å². The van der Waals surface area contributed by atoms with Crippen LogP contribution in [0, 0.1) is 0 Å². The van der Waals surface area contributed by atoms with Gasteiger partial charge in [-0.15, -0.1) is 0 Å². The zero-order valence-corrected chi connectivity index (χ0v) is 30.4. The molecule has 56 heavy (non-hydrogen) atoms. The van der Waals surface area contributed by atoms with Gasteiger partial charge in [0.25, 0.3) is 0 Å². The van der Waals surface area contributed by atoms with E-state index in [0.717, 1.165) is 77.8 Å². The van der Waals surface area contributed by atoms with Crippen LogP contribution in [0.4, 0.5) is 0 Å². The first kappa shape index (κ1) is 31.9. The molecule has 0 aliphatic carbocycles. The summed E-state index contributed by atoms with van der Waals surface area (Å²) in [6.07, 6.45) is 0. The van der Waals surface area contributed by atoms with Crippen LogP contribution < -0.4 is 0 Å². The molecule has 0 radical (unpaired) electrons. The molecular weight excluding hydrogens is 681 g/mol. The van der Waals surface area contributed by atoms with Crippen molar-refractivity contribution in [2.75, 3.05) is 0 Å². The fourth-order valence-electron chi connectivity index (χ4n) is 8.25. The van der Waals surface area contributed by atoms with Crippen LogP contribution in [0.5, 0.6) is 0 Å². The van der Waals surface area contributed by atoms with Gasteiger partial charge in [-0.2, -0.15) is 0 Å². The molecule has 0 amide bonds. The van der Waals surface area contributed by atoms with E-state index in [2.05, 4.69) is 203 Å². The van der Waals surface area contributed by atoms with Crippen LogP contribution in [0.25, 0.3) is 100 Å². The molecule has 0 aliphatic heterocycles. The van der Waals surface area contributed by atoms with Gasteiger partial charge < -0.3 is 9.13 Å². The molecule has 4 heteroatoms. The van der Waals surface area contributed by atoms with E-state index in [0.29, 0.717) is 0 Å². The highest BCUT2D eigenvalue weighted by molar-refractivity contribution is 6.10. The molecular formula is C52H34N4. The fraction of sp³-hybridized carbons (Fsp3) is 0. The summed E-state index contributed by atoms with van der Waals surface area (Å²) in [6.45, 7) is 0. The molecule has 0 saturated carbocycles. The van der Waals surface area contributed by atoms with Crippen LogP contribution in [0.3, 0.4) is 0 Å². The number of pyridine rings is 2. The zero-order chi connectivity index (χ0) is 37.0. The first-order chi connectivity index (χ1) is 27.8. The quantitative estimate of drug-likeness (QED) is 0.172. The van der Waals surface area contributed by atoms with Crippen molar-refractivity contribution in [1.82, 2.24) is 19.1 Å². The molecule has 4 aromatic heterocycles. The number of benzene rings is 7. The Morgan fingerprint density at radius 3 is 1.27 bits per heavy atom. The first-order valence-electron chi connectivity index (χ1n) is 19.0. The van der Waals surface area contributed by atoms with Crippen LogP contribution >= 0.6 is 0 Å². The SMILES string of the molecule is c1ccc(-c2ccc3c(c2)c2nc(-c4ccccc4)ccc2n3-c2cccc(-n3c4cc(-c5ccccc5)ccc4c4nc(-c5ccccc5)ccc43)c2)cc1. The molecule has 0 spiro atoms. The van der Waals surface area contributed by atoms with E-state index in [4.69, 9.17) is 9.97 Å². The van der Waals surface area contributed by atoms with E-state index >= 15 is 0 Å². The fourth-order valence-corrected chi connectivity index (χ4v) is 8.25. The van der Waals surface area contributed by atoms with Crippen molar-refractivity contribution in [2.24, 2.45) is 0 Å². The number of rotatable bonds is 6. The van der Waals surface area contributed by atoms with Crippen LogP contribution in [-0.4, -0.2) is 19.1 Å². The number of fused-ring (bicyclic) bond motifs is 6. The lowest BCUT2D eigenvalue weighted by Gasteiger charge is -2.13. The third-order valence-corrected chi connectivity index (χ3v) is 10.9. The summed E-state index contributed by atoms with van der Waals surface area (Å²) in [7, 11) is 0. The predicted molar refractivity (Wildman–Crippen MR) is 232 cm³/mol. The normalized spacial score (nSPS) is 11.6. The molecule has 0 saturated heterocycles. The van der Waals surface area contributed by atoms with Gasteiger partial charge >= 0.3 is 0 Å². The van der Waals surface area contributed by atoms with Crippen molar-refractivity contribution >= 4 is 43.9 Å². The van der Waals surface area contributed by atoms with Crippen LogP contribution in [-0.2, 0) is 0 Å². The summed E-state index contributed by atoms with van der Waals surface area (Å²) in [6, 6.07) is 73.1. The predicted octanol–water partition coefficient (Wildman–Crippen LogP) is 13.3. The van der Waals surface area contributed by atoms with Gasteiger partial charge in [-0.3, -0.25) is 0 Å². The Labute approximate surface area is 324 Å². The Bertz CT molecular complexity index is 3120. The zero-order valence-electron chi connectivity index (χ0n) is 30.4. The molecule has 0 aliphatic rings. The number of hydrogen-bond acceptors (Lipinski definition) is 2. The highest BCUT2D eigenvalue weighted by Crippen LogP contribution is 2.38. The third kappa shape index (κ3) is 5.31. The van der Waals surface area contributed by atoms with Gasteiger partial charge in [0, 0.05) is 33.3 Å². The van der Waals surface area contributed by atoms with Crippen molar-refractivity contribution < 1.29 is 0 Å².